The molecular formula is C16H21BrN2S. The second-order valence-electron chi connectivity index (χ2n) is 5.65. The van der Waals surface area contributed by atoms with Crippen LogP contribution in [-0.2, 0) is 6.42 Å². The molecular weight excluding hydrogens is 332 g/mol. The summed E-state index contributed by atoms with van der Waals surface area (Å²) in [6, 6.07) is 6.61. The molecule has 0 saturated carbocycles. The van der Waals surface area contributed by atoms with Crippen LogP contribution in [0.25, 0.3) is 10.1 Å². The van der Waals surface area contributed by atoms with Crippen molar-refractivity contribution in [3.8, 4) is 0 Å². The van der Waals surface area contributed by atoms with Crippen molar-refractivity contribution in [3.63, 3.8) is 0 Å². The molecule has 1 aromatic carbocycles. The van der Waals surface area contributed by atoms with Crippen LogP contribution in [0.3, 0.4) is 0 Å². The first kappa shape index (κ1) is 14.5. The van der Waals surface area contributed by atoms with Gasteiger partial charge in [0.15, 0.2) is 0 Å². The minimum absolute atomic E-state index is 1.18. The van der Waals surface area contributed by atoms with Crippen LogP contribution in [0.1, 0.15) is 12.0 Å². The van der Waals surface area contributed by atoms with Crippen molar-refractivity contribution >= 4 is 37.4 Å². The third-order valence-corrected chi connectivity index (χ3v) is 5.64. The molecule has 0 spiro atoms. The van der Waals surface area contributed by atoms with Crippen LogP contribution < -0.4 is 0 Å². The van der Waals surface area contributed by atoms with Crippen molar-refractivity contribution in [1.82, 2.24) is 9.80 Å². The fraction of sp³-hybridized carbons (Fsp3) is 0.500. The zero-order chi connectivity index (χ0) is 13.9. The molecule has 0 radical (unpaired) electrons. The van der Waals surface area contributed by atoms with Gasteiger partial charge in [-0.3, -0.25) is 0 Å². The van der Waals surface area contributed by atoms with Gasteiger partial charge < -0.3 is 9.80 Å². The summed E-state index contributed by atoms with van der Waals surface area (Å²) in [4.78, 5) is 5.02. The topological polar surface area (TPSA) is 6.48 Å². The summed E-state index contributed by atoms with van der Waals surface area (Å²) >= 11 is 5.45. The SMILES string of the molecule is CN1CCN(CCCc2csc3ccc(Br)cc23)CC1. The first-order chi connectivity index (χ1) is 9.72. The minimum Gasteiger partial charge on any atom is -0.304 e. The average Bonchev–Trinajstić information content (AvgIpc) is 2.84. The highest BCUT2D eigenvalue weighted by Gasteiger charge is 2.13. The zero-order valence-electron chi connectivity index (χ0n) is 11.9. The number of nitrogens with zero attached hydrogens (tertiary/aromatic N) is 2. The molecule has 4 heteroatoms. The van der Waals surface area contributed by atoms with Crippen LogP contribution in [0, 0.1) is 0 Å². The van der Waals surface area contributed by atoms with Crippen LogP contribution in [0.2, 0.25) is 0 Å². The van der Waals surface area contributed by atoms with Crippen LogP contribution in [0.4, 0.5) is 0 Å². The molecule has 108 valence electrons. The monoisotopic (exact) mass is 352 g/mol. The Morgan fingerprint density at radius 2 is 2.00 bits per heavy atom. The number of rotatable bonds is 4. The summed E-state index contributed by atoms with van der Waals surface area (Å²) in [5, 5.41) is 3.77. The quantitative estimate of drug-likeness (QED) is 0.824. The molecule has 1 aliphatic rings. The van der Waals surface area contributed by atoms with Crippen LogP contribution >= 0.6 is 27.3 Å². The van der Waals surface area contributed by atoms with E-state index in [1.165, 1.54) is 65.7 Å². The van der Waals surface area contributed by atoms with Gasteiger partial charge >= 0.3 is 0 Å². The van der Waals surface area contributed by atoms with Gasteiger partial charge in [-0.05, 0) is 61.0 Å². The Bertz CT molecular complexity index is 573. The second kappa shape index (κ2) is 6.56. The highest BCUT2D eigenvalue weighted by Crippen LogP contribution is 2.29. The van der Waals surface area contributed by atoms with Crippen molar-refractivity contribution < 1.29 is 0 Å². The molecule has 20 heavy (non-hydrogen) atoms. The number of hydrogen-bond acceptors (Lipinski definition) is 3. The van der Waals surface area contributed by atoms with Gasteiger partial charge in [-0.15, -0.1) is 11.3 Å². The largest absolute Gasteiger partial charge is 0.304 e. The smallest absolute Gasteiger partial charge is 0.0346 e. The molecule has 0 N–H and O–H groups in total. The van der Waals surface area contributed by atoms with Gasteiger partial charge in [0.1, 0.15) is 0 Å². The van der Waals surface area contributed by atoms with E-state index >= 15 is 0 Å². The number of thiophene rings is 1. The van der Waals surface area contributed by atoms with Crippen molar-refractivity contribution in [2.45, 2.75) is 12.8 Å². The van der Waals surface area contributed by atoms with E-state index in [9.17, 15) is 0 Å². The molecule has 1 aliphatic heterocycles. The third-order valence-electron chi connectivity index (χ3n) is 4.13. The number of benzene rings is 1. The summed E-state index contributed by atoms with van der Waals surface area (Å²) in [6.45, 7) is 6.13. The van der Waals surface area contributed by atoms with Crippen molar-refractivity contribution in [3.05, 3.63) is 33.6 Å². The Kier molecular flexibility index (Phi) is 4.76. The van der Waals surface area contributed by atoms with Gasteiger partial charge in [0, 0.05) is 35.4 Å². The molecule has 1 fully saturated rings. The molecule has 1 aromatic heterocycles. The number of hydrogen-bond donors (Lipinski definition) is 0. The van der Waals surface area contributed by atoms with Gasteiger partial charge in [-0.25, -0.2) is 0 Å². The van der Waals surface area contributed by atoms with Crippen molar-refractivity contribution in [1.29, 1.82) is 0 Å². The predicted octanol–water partition coefficient (Wildman–Crippen LogP) is 3.84. The summed E-state index contributed by atoms with van der Waals surface area (Å²) in [6.07, 6.45) is 2.46. The second-order valence-corrected chi connectivity index (χ2v) is 7.48. The lowest BCUT2D eigenvalue weighted by Gasteiger charge is -2.32. The van der Waals surface area contributed by atoms with Crippen LogP contribution in [-0.4, -0.2) is 49.6 Å². The molecule has 2 aromatic rings. The Morgan fingerprint density at radius 3 is 2.80 bits per heavy atom. The van der Waals surface area contributed by atoms with Gasteiger partial charge in [-0.1, -0.05) is 15.9 Å². The lowest BCUT2D eigenvalue weighted by atomic mass is 10.1. The Balaban J connectivity index is 1.56. The first-order valence-corrected chi connectivity index (χ1v) is 8.96. The minimum atomic E-state index is 1.18. The fourth-order valence-electron chi connectivity index (χ4n) is 2.81. The number of fused-ring (bicyclic) bond motifs is 1. The normalized spacial score (nSPS) is 17.9. The van der Waals surface area contributed by atoms with Crippen molar-refractivity contribution in [2.75, 3.05) is 39.8 Å². The summed E-state index contributed by atoms with van der Waals surface area (Å²) in [7, 11) is 2.21. The van der Waals surface area contributed by atoms with E-state index in [0.717, 1.165) is 0 Å². The molecule has 3 rings (SSSR count). The van der Waals surface area contributed by atoms with Crippen molar-refractivity contribution in [2.24, 2.45) is 0 Å². The number of aryl methyl sites for hydroxylation is 1. The Morgan fingerprint density at radius 1 is 1.20 bits per heavy atom. The van der Waals surface area contributed by atoms with E-state index in [4.69, 9.17) is 0 Å². The molecule has 0 atom stereocenters. The summed E-state index contributed by atoms with van der Waals surface area (Å²) in [5.74, 6) is 0. The Labute approximate surface area is 133 Å². The van der Waals surface area contributed by atoms with E-state index in [2.05, 4.69) is 56.4 Å². The maximum absolute atomic E-state index is 3.58. The molecule has 2 heterocycles. The lowest BCUT2D eigenvalue weighted by Crippen LogP contribution is -2.44. The van der Waals surface area contributed by atoms with Crippen LogP contribution in [0.5, 0.6) is 0 Å². The number of halogens is 1. The maximum atomic E-state index is 3.58. The van der Waals surface area contributed by atoms with Gasteiger partial charge in [0.05, 0.1) is 0 Å². The van der Waals surface area contributed by atoms with Gasteiger partial charge in [0.2, 0.25) is 0 Å². The van der Waals surface area contributed by atoms with Gasteiger partial charge in [0.25, 0.3) is 0 Å². The first-order valence-electron chi connectivity index (χ1n) is 7.29. The maximum Gasteiger partial charge on any atom is 0.0346 e. The molecule has 0 aliphatic carbocycles. The molecule has 0 amide bonds. The van der Waals surface area contributed by atoms with E-state index in [1.54, 1.807) is 0 Å². The summed E-state index contributed by atoms with van der Waals surface area (Å²) < 4.78 is 2.59. The summed E-state index contributed by atoms with van der Waals surface area (Å²) in [5.41, 5.74) is 1.51. The fourth-order valence-corrected chi connectivity index (χ4v) is 4.15. The standard InChI is InChI=1S/C16H21BrN2S/c1-18-7-9-19(10-8-18)6-2-3-13-12-20-16-5-4-14(17)11-15(13)16/h4-5,11-12H,2-3,6-10H2,1H3. The molecule has 0 unspecified atom stereocenters. The number of likely N-dealkylation sites (N-methyl/N-ethyl adjacent to an activating group) is 1. The van der Waals surface area contributed by atoms with Gasteiger partial charge in [-0.2, -0.15) is 0 Å². The molecule has 0 bridgehead atoms. The average molecular weight is 353 g/mol. The lowest BCUT2D eigenvalue weighted by molar-refractivity contribution is 0.153. The Hall–Kier alpha value is -0.420. The molecule has 1 saturated heterocycles. The van der Waals surface area contributed by atoms with E-state index < -0.39 is 0 Å². The van der Waals surface area contributed by atoms with E-state index in [0.29, 0.717) is 0 Å². The molecule has 2 nitrogen and oxygen atoms in total. The van der Waals surface area contributed by atoms with Crippen LogP contribution in [0.15, 0.2) is 28.1 Å². The van der Waals surface area contributed by atoms with E-state index in [-0.39, 0.29) is 0 Å². The highest BCUT2D eigenvalue weighted by molar-refractivity contribution is 9.10. The zero-order valence-corrected chi connectivity index (χ0v) is 14.3. The van der Waals surface area contributed by atoms with E-state index in [1.807, 2.05) is 11.3 Å². The number of piperazine rings is 1. The highest BCUT2D eigenvalue weighted by atomic mass is 79.9. The predicted molar refractivity (Wildman–Crippen MR) is 91.8 cm³/mol. The third kappa shape index (κ3) is 3.42.